The highest BCUT2D eigenvalue weighted by atomic mass is 19.1. The highest BCUT2D eigenvalue weighted by Gasteiger charge is 2.07. The summed E-state index contributed by atoms with van der Waals surface area (Å²) in [5.41, 5.74) is 0. The Balaban J connectivity index is 2.22. The Bertz CT molecular complexity index is 352. The van der Waals surface area contributed by atoms with E-state index < -0.39 is 5.82 Å². The fourth-order valence-electron chi connectivity index (χ4n) is 1.18. The molecule has 1 rings (SSSR count). The summed E-state index contributed by atoms with van der Waals surface area (Å²) < 4.78 is 28.6. The van der Waals surface area contributed by atoms with Crippen molar-refractivity contribution in [3.8, 4) is 5.88 Å². The molecule has 7 heteroatoms. The highest BCUT2D eigenvalue weighted by Crippen LogP contribution is 2.13. The molecule has 0 fully saturated rings. The van der Waals surface area contributed by atoms with Crippen molar-refractivity contribution in [1.29, 1.82) is 0 Å². The fraction of sp³-hybridized carbons (Fsp3) is 0.636. The predicted molar refractivity (Wildman–Crippen MR) is 64.3 cm³/mol. The van der Waals surface area contributed by atoms with Crippen molar-refractivity contribution in [1.82, 2.24) is 9.97 Å². The average molecular weight is 259 g/mol. The Morgan fingerprint density at radius 3 is 2.83 bits per heavy atom. The third-order valence-electron chi connectivity index (χ3n) is 2.04. The molecular weight excluding hydrogens is 241 g/mol. The number of ether oxygens (including phenoxy) is 3. The van der Waals surface area contributed by atoms with Gasteiger partial charge in [-0.3, -0.25) is 0 Å². The summed E-state index contributed by atoms with van der Waals surface area (Å²) in [7, 11) is 3.29. The van der Waals surface area contributed by atoms with Crippen LogP contribution in [-0.4, -0.2) is 50.6 Å². The highest BCUT2D eigenvalue weighted by molar-refractivity contribution is 5.27. The Labute approximate surface area is 105 Å². The average Bonchev–Trinajstić information content (AvgIpc) is 2.39. The van der Waals surface area contributed by atoms with Gasteiger partial charge in [0.1, 0.15) is 6.61 Å². The summed E-state index contributed by atoms with van der Waals surface area (Å²) in [6, 6.07) is 0. The van der Waals surface area contributed by atoms with Crippen LogP contribution in [0, 0.1) is 5.82 Å². The van der Waals surface area contributed by atoms with E-state index in [0.717, 1.165) is 12.6 Å². The van der Waals surface area contributed by atoms with Crippen LogP contribution in [0.4, 0.5) is 10.3 Å². The summed E-state index contributed by atoms with van der Waals surface area (Å²) in [5, 5.41) is 2.71. The number of rotatable bonds is 9. The normalized spacial score (nSPS) is 10.4. The number of anilines is 1. The molecule has 0 spiro atoms. The zero-order valence-corrected chi connectivity index (χ0v) is 10.6. The van der Waals surface area contributed by atoms with E-state index >= 15 is 0 Å². The van der Waals surface area contributed by atoms with Crippen molar-refractivity contribution < 1.29 is 18.6 Å². The minimum Gasteiger partial charge on any atom is -0.473 e. The van der Waals surface area contributed by atoms with Gasteiger partial charge in [-0.25, -0.2) is 4.98 Å². The van der Waals surface area contributed by atoms with Gasteiger partial charge in [-0.15, -0.1) is 0 Å². The van der Waals surface area contributed by atoms with Crippen molar-refractivity contribution in [2.75, 3.05) is 45.9 Å². The second kappa shape index (κ2) is 8.60. The third kappa shape index (κ3) is 5.24. The van der Waals surface area contributed by atoms with Gasteiger partial charge in [0.2, 0.25) is 11.8 Å². The fourth-order valence-corrected chi connectivity index (χ4v) is 1.18. The SMILES string of the molecule is CNc1ncc(F)c(OCCOCCCOC)n1. The summed E-state index contributed by atoms with van der Waals surface area (Å²) in [4.78, 5) is 7.56. The number of methoxy groups -OCH3 is 1. The molecule has 0 saturated heterocycles. The Kier molecular flexibility index (Phi) is 6.97. The smallest absolute Gasteiger partial charge is 0.255 e. The van der Waals surface area contributed by atoms with Gasteiger partial charge < -0.3 is 19.5 Å². The molecule has 0 aromatic carbocycles. The Morgan fingerprint density at radius 2 is 2.11 bits per heavy atom. The molecule has 1 N–H and O–H groups in total. The van der Waals surface area contributed by atoms with Gasteiger partial charge in [-0.1, -0.05) is 0 Å². The molecule has 102 valence electrons. The summed E-state index contributed by atoms with van der Waals surface area (Å²) in [5.74, 6) is -0.351. The van der Waals surface area contributed by atoms with Crippen molar-refractivity contribution >= 4 is 5.95 Å². The molecule has 1 heterocycles. The molecule has 0 saturated carbocycles. The van der Waals surface area contributed by atoms with Gasteiger partial charge in [0.05, 0.1) is 12.8 Å². The van der Waals surface area contributed by atoms with E-state index in [1.54, 1.807) is 14.2 Å². The van der Waals surface area contributed by atoms with E-state index in [-0.39, 0.29) is 12.5 Å². The van der Waals surface area contributed by atoms with Gasteiger partial charge in [-0.05, 0) is 6.42 Å². The quantitative estimate of drug-likeness (QED) is 0.670. The second-order valence-corrected chi connectivity index (χ2v) is 3.40. The molecule has 0 unspecified atom stereocenters. The van der Waals surface area contributed by atoms with E-state index in [9.17, 15) is 4.39 Å². The molecule has 0 aliphatic rings. The van der Waals surface area contributed by atoms with Gasteiger partial charge in [-0.2, -0.15) is 9.37 Å². The van der Waals surface area contributed by atoms with Crippen molar-refractivity contribution in [3.05, 3.63) is 12.0 Å². The van der Waals surface area contributed by atoms with Crippen LogP contribution in [-0.2, 0) is 9.47 Å². The molecule has 0 aliphatic heterocycles. The van der Waals surface area contributed by atoms with Gasteiger partial charge >= 0.3 is 0 Å². The van der Waals surface area contributed by atoms with Crippen LogP contribution in [0.3, 0.4) is 0 Å². The van der Waals surface area contributed by atoms with Crippen LogP contribution in [0.1, 0.15) is 6.42 Å². The lowest BCUT2D eigenvalue weighted by molar-refractivity contribution is 0.0784. The van der Waals surface area contributed by atoms with Crippen LogP contribution in [0.15, 0.2) is 6.20 Å². The summed E-state index contributed by atoms with van der Waals surface area (Å²) in [6.07, 6.45) is 1.88. The first-order valence-electron chi connectivity index (χ1n) is 5.67. The molecular formula is C11H18FN3O3. The topological polar surface area (TPSA) is 65.5 Å². The molecule has 0 aliphatic carbocycles. The molecule has 0 radical (unpaired) electrons. The maximum absolute atomic E-state index is 13.2. The number of aromatic nitrogens is 2. The molecule has 0 amide bonds. The predicted octanol–water partition coefficient (Wildman–Crippen LogP) is 1.09. The second-order valence-electron chi connectivity index (χ2n) is 3.40. The zero-order chi connectivity index (χ0) is 13.2. The first kappa shape index (κ1) is 14.6. The minimum atomic E-state index is -0.589. The maximum atomic E-state index is 13.2. The van der Waals surface area contributed by atoms with Crippen LogP contribution in [0.5, 0.6) is 5.88 Å². The van der Waals surface area contributed by atoms with Crippen LogP contribution >= 0.6 is 0 Å². The first-order chi connectivity index (χ1) is 8.77. The Hall–Kier alpha value is -1.47. The van der Waals surface area contributed by atoms with Crippen LogP contribution in [0.25, 0.3) is 0 Å². The maximum Gasteiger partial charge on any atom is 0.255 e. The number of hydrogen-bond acceptors (Lipinski definition) is 6. The van der Waals surface area contributed by atoms with Crippen molar-refractivity contribution in [2.45, 2.75) is 6.42 Å². The van der Waals surface area contributed by atoms with Gasteiger partial charge in [0.25, 0.3) is 5.88 Å². The minimum absolute atomic E-state index is 0.0742. The van der Waals surface area contributed by atoms with Crippen LogP contribution < -0.4 is 10.1 Å². The number of halogens is 1. The third-order valence-corrected chi connectivity index (χ3v) is 2.04. The lowest BCUT2D eigenvalue weighted by Gasteiger charge is -2.07. The molecule has 1 aromatic rings. The molecule has 6 nitrogen and oxygen atoms in total. The van der Waals surface area contributed by atoms with E-state index in [1.807, 2.05) is 0 Å². The zero-order valence-electron chi connectivity index (χ0n) is 10.6. The van der Waals surface area contributed by atoms with Crippen LogP contribution in [0.2, 0.25) is 0 Å². The summed E-state index contributed by atoms with van der Waals surface area (Å²) >= 11 is 0. The van der Waals surface area contributed by atoms with E-state index in [2.05, 4.69) is 15.3 Å². The van der Waals surface area contributed by atoms with E-state index in [4.69, 9.17) is 14.2 Å². The Morgan fingerprint density at radius 1 is 1.28 bits per heavy atom. The molecule has 0 bridgehead atoms. The van der Waals surface area contributed by atoms with Gasteiger partial charge in [0.15, 0.2) is 0 Å². The van der Waals surface area contributed by atoms with Crippen molar-refractivity contribution in [2.24, 2.45) is 0 Å². The largest absolute Gasteiger partial charge is 0.473 e. The lowest BCUT2D eigenvalue weighted by atomic mass is 10.5. The van der Waals surface area contributed by atoms with E-state index in [1.165, 1.54) is 0 Å². The summed E-state index contributed by atoms with van der Waals surface area (Å²) in [6.45, 7) is 1.87. The first-order valence-corrected chi connectivity index (χ1v) is 5.67. The standard InChI is InChI=1S/C11H18FN3O3/c1-13-11-14-8-9(12)10(15-11)18-7-6-17-5-3-4-16-2/h8H,3-7H2,1-2H3,(H,13,14,15). The number of nitrogens with zero attached hydrogens (tertiary/aromatic N) is 2. The number of nitrogens with one attached hydrogen (secondary N) is 1. The monoisotopic (exact) mass is 259 g/mol. The molecule has 0 atom stereocenters. The van der Waals surface area contributed by atoms with E-state index in [0.29, 0.717) is 25.8 Å². The van der Waals surface area contributed by atoms with Crippen molar-refractivity contribution in [3.63, 3.8) is 0 Å². The van der Waals surface area contributed by atoms with Gasteiger partial charge in [0, 0.05) is 27.4 Å². The molecule has 18 heavy (non-hydrogen) atoms. The lowest BCUT2D eigenvalue weighted by Crippen LogP contribution is -2.11. The molecule has 1 aromatic heterocycles. The number of hydrogen-bond donors (Lipinski definition) is 1.